The zero-order valence-electron chi connectivity index (χ0n) is 8.55. The van der Waals surface area contributed by atoms with Gasteiger partial charge in [-0.2, -0.15) is 0 Å². The summed E-state index contributed by atoms with van der Waals surface area (Å²) >= 11 is 0. The van der Waals surface area contributed by atoms with Crippen molar-refractivity contribution in [1.29, 1.82) is 0 Å². The normalized spacial score (nSPS) is 25.8. The lowest BCUT2D eigenvalue weighted by Gasteiger charge is -2.15. The highest BCUT2D eigenvalue weighted by Gasteiger charge is 2.24. The maximum absolute atomic E-state index is 12.9. The molecule has 0 heterocycles. The number of benzene rings is 1. The van der Waals surface area contributed by atoms with Crippen molar-refractivity contribution in [2.24, 2.45) is 11.7 Å². The van der Waals surface area contributed by atoms with E-state index in [1.165, 1.54) is 12.1 Å². The molecule has 1 aromatic carbocycles. The van der Waals surface area contributed by atoms with Crippen LogP contribution < -0.4 is 5.73 Å². The van der Waals surface area contributed by atoms with Crippen LogP contribution in [0.3, 0.4) is 0 Å². The predicted octanol–water partition coefficient (Wildman–Crippen LogP) is 2.63. The maximum atomic E-state index is 12.9. The Morgan fingerprint density at radius 2 is 1.80 bits per heavy atom. The van der Waals surface area contributed by atoms with Crippen LogP contribution in [-0.4, -0.2) is 6.04 Å². The standard InChI is InChI=1S/C12H15F2N/c13-10-5-8(6-11(14)7-10)4-9-2-1-3-12(9)15/h5-7,9,12H,1-4,15H2. The Kier molecular flexibility index (Phi) is 3.00. The topological polar surface area (TPSA) is 26.0 Å². The predicted molar refractivity (Wildman–Crippen MR) is 55.4 cm³/mol. The van der Waals surface area contributed by atoms with Crippen LogP contribution in [0.15, 0.2) is 18.2 Å². The van der Waals surface area contributed by atoms with Crippen molar-refractivity contribution in [2.45, 2.75) is 31.7 Å². The van der Waals surface area contributed by atoms with Crippen molar-refractivity contribution >= 4 is 0 Å². The van der Waals surface area contributed by atoms with Crippen molar-refractivity contribution in [3.05, 3.63) is 35.4 Å². The van der Waals surface area contributed by atoms with Crippen molar-refractivity contribution in [2.75, 3.05) is 0 Å². The molecule has 2 unspecified atom stereocenters. The lowest BCUT2D eigenvalue weighted by Crippen LogP contribution is -2.25. The summed E-state index contributed by atoms with van der Waals surface area (Å²) in [5.74, 6) is -0.626. The lowest BCUT2D eigenvalue weighted by molar-refractivity contribution is 0.475. The van der Waals surface area contributed by atoms with Gasteiger partial charge >= 0.3 is 0 Å². The van der Waals surface area contributed by atoms with Crippen LogP contribution in [0.4, 0.5) is 8.78 Å². The molecule has 0 saturated heterocycles. The summed E-state index contributed by atoms with van der Waals surface area (Å²) in [6.07, 6.45) is 3.92. The van der Waals surface area contributed by atoms with E-state index >= 15 is 0 Å². The van der Waals surface area contributed by atoms with Crippen LogP contribution >= 0.6 is 0 Å². The lowest BCUT2D eigenvalue weighted by atomic mass is 9.95. The molecular weight excluding hydrogens is 196 g/mol. The molecule has 0 spiro atoms. The molecule has 0 bridgehead atoms. The Morgan fingerprint density at radius 1 is 1.13 bits per heavy atom. The van der Waals surface area contributed by atoms with Crippen LogP contribution in [0.2, 0.25) is 0 Å². The Bertz CT molecular complexity index is 331. The van der Waals surface area contributed by atoms with E-state index in [-0.39, 0.29) is 6.04 Å². The van der Waals surface area contributed by atoms with E-state index in [9.17, 15) is 8.78 Å². The molecule has 1 aliphatic rings. The van der Waals surface area contributed by atoms with Crippen LogP contribution in [0.25, 0.3) is 0 Å². The SMILES string of the molecule is NC1CCCC1Cc1cc(F)cc(F)c1. The number of halogens is 2. The minimum atomic E-state index is -0.503. The molecule has 0 amide bonds. The molecule has 3 heteroatoms. The summed E-state index contributed by atoms with van der Waals surface area (Å²) in [5.41, 5.74) is 6.63. The van der Waals surface area contributed by atoms with E-state index in [1.807, 2.05) is 0 Å². The number of hydrogen-bond donors (Lipinski definition) is 1. The molecule has 0 aromatic heterocycles. The van der Waals surface area contributed by atoms with Gasteiger partial charge in [0, 0.05) is 12.1 Å². The minimum absolute atomic E-state index is 0.191. The number of hydrogen-bond acceptors (Lipinski definition) is 1. The molecule has 15 heavy (non-hydrogen) atoms. The summed E-state index contributed by atoms with van der Waals surface area (Å²) in [4.78, 5) is 0. The second kappa shape index (κ2) is 4.27. The zero-order valence-corrected chi connectivity index (χ0v) is 8.55. The van der Waals surface area contributed by atoms with Crippen molar-refractivity contribution < 1.29 is 8.78 Å². The molecule has 1 aromatic rings. The van der Waals surface area contributed by atoms with Crippen LogP contribution in [0.1, 0.15) is 24.8 Å². The third kappa shape index (κ3) is 2.53. The molecule has 1 saturated carbocycles. The van der Waals surface area contributed by atoms with E-state index in [1.54, 1.807) is 0 Å². The van der Waals surface area contributed by atoms with Gasteiger partial charge in [0.2, 0.25) is 0 Å². The summed E-state index contributed by atoms with van der Waals surface area (Å²) in [6.45, 7) is 0. The first kappa shape index (κ1) is 10.6. The smallest absolute Gasteiger partial charge is 0.126 e. The fourth-order valence-electron chi connectivity index (χ4n) is 2.35. The van der Waals surface area contributed by atoms with E-state index < -0.39 is 11.6 Å². The largest absolute Gasteiger partial charge is 0.327 e. The van der Waals surface area contributed by atoms with Crippen LogP contribution in [0.5, 0.6) is 0 Å². The summed E-state index contributed by atoms with van der Waals surface area (Å²) in [7, 11) is 0. The van der Waals surface area contributed by atoms with Gasteiger partial charge < -0.3 is 5.73 Å². The first-order chi connectivity index (χ1) is 7.15. The van der Waals surface area contributed by atoms with Gasteiger partial charge in [0.15, 0.2) is 0 Å². The molecule has 2 N–H and O–H groups in total. The van der Waals surface area contributed by atoms with Crippen molar-refractivity contribution in [1.82, 2.24) is 0 Å². The van der Waals surface area contributed by atoms with Gasteiger partial charge in [-0.15, -0.1) is 0 Å². The third-order valence-electron chi connectivity index (χ3n) is 3.14. The van der Waals surface area contributed by atoms with Crippen molar-refractivity contribution in [3.63, 3.8) is 0 Å². The fourth-order valence-corrected chi connectivity index (χ4v) is 2.35. The molecule has 1 aliphatic carbocycles. The van der Waals surface area contributed by atoms with E-state index in [2.05, 4.69) is 0 Å². The number of nitrogens with two attached hydrogens (primary N) is 1. The van der Waals surface area contributed by atoms with Gasteiger partial charge in [-0.05, 0) is 42.9 Å². The fraction of sp³-hybridized carbons (Fsp3) is 0.500. The Hall–Kier alpha value is -0.960. The summed E-state index contributed by atoms with van der Waals surface area (Å²) in [6, 6.07) is 3.89. The summed E-state index contributed by atoms with van der Waals surface area (Å²) in [5, 5.41) is 0. The molecule has 1 fully saturated rings. The monoisotopic (exact) mass is 211 g/mol. The zero-order chi connectivity index (χ0) is 10.8. The molecule has 0 radical (unpaired) electrons. The van der Waals surface area contributed by atoms with Gasteiger partial charge in [-0.25, -0.2) is 8.78 Å². The highest BCUT2D eigenvalue weighted by atomic mass is 19.1. The Morgan fingerprint density at radius 3 is 2.33 bits per heavy atom. The quantitative estimate of drug-likeness (QED) is 0.799. The van der Waals surface area contributed by atoms with Gasteiger partial charge in [0.1, 0.15) is 11.6 Å². The Balaban J connectivity index is 2.10. The molecule has 82 valence electrons. The van der Waals surface area contributed by atoms with E-state index in [0.717, 1.165) is 30.9 Å². The summed E-state index contributed by atoms with van der Waals surface area (Å²) < 4.78 is 25.9. The molecule has 2 atom stereocenters. The first-order valence-corrected chi connectivity index (χ1v) is 5.35. The van der Waals surface area contributed by atoms with Crippen LogP contribution in [-0.2, 0) is 6.42 Å². The highest BCUT2D eigenvalue weighted by molar-refractivity contribution is 5.19. The van der Waals surface area contributed by atoms with E-state index in [4.69, 9.17) is 5.73 Å². The second-order valence-corrected chi connectivity index (χ2v) is 4.34. The van der Waals surface area contributed by atoms with Crippen LogP contribution in [0, 0.1) is 17.6 Å². The van der Waals surface area contributed by atoms with Gasteiger partial charge in [-0.1, -0.05) is 6.42 Å². The Labute approximate surface area is 88.3 Å². The third-order valence-corrected chi connectivity index (χ3v) is 3.14. The average Bonchev–Trinajstić information content (AvgIpc) is 2.50. The van der Waals surface area contributed by atoms with Gasteiger partial charge in [-0.3, -0.25) is 0 Å². The van der Waals surface area contributed by atoms with E-state index in [0.29, 0.717) is 12.3 Å². The average molecular weight is 211 g/mol. The van der Waals surface area contributed by atoms with Gasteiger partial charge in [0.05, 0.1) is 0 Å². The molecule has 1 nitrogen and oxygen atoms in total. The second-order valence-electron chi connectivity index (χ2n) is 4.34. The molecular formula is C12H15F2N. The number of rotatable bonds is 2. The van der Waals surface area contributed by atoms with Crippen molar-refractivity contribution in [3.8, 4) is 0 Å². The first-order valence-electron chi connectivity index (χ1n) is 5.35. The molecule has 0 aliphatic heterocycles. The molecule has 2 rings (SSSR count). The van der Waals surface area contributed by atoms with Gasteiger partial charge in [0.25, 0.3) is 0 Å². The minimum Gasteiger partial charge on any atom is -0.327 e. The maximum Gasteiger partial charge on any atom is 0.126 e. The highest BCUT2D eigenvalue weighted by Crippen LogP contribution is 2.27.